The third-order valence-corrected chi connectivity index (χ3v) is 3.79. The number of azide groups is 1. The lowest BCUT2D eigenvalue weighted by molar-refractivity contribution is -0.274. The highest BCUT2D eigenvalue weighted by Gasteiger charge is 2.30. The highest BCUT2D eigenvalue weighted by molar-refractivity contribution is 6.35. The molecular formula is C16H12Cl2F3N3O2. The Morgan fingerprint density at radius 1 is 1.12 bits per heavy atom. The first-order chi connectivity index (χ1) is 12.3. The van der Waals surface area contributed by atoms with Crippen LogP contribution in [0.3, 0.4) is 0 Å². The van der Waals surface area contributed by atoms with Crippen LogP contribution >= 0.6 is 23.2 Å². The van der Waals surface area contributed by atoms with Gasteiger partial charge < -0.3 is 9.47 Å². The first kappa shape index (κ1) is 20.2. The molecule has 2 rings (SSSR count). The van der Waals surface area contributed by atoms with Crippen LogP contribution in [0.5, 0.6) is 5.75 Å². The highest BCUT2D eigenvalue weighted by atomic mass is 35.5. The van der Waals surface area contributed by atoms with Crippen molar-refractivity contribution in [1.29, 1.82) is 0 Å². The molecule has 2 aromatic rings. The van der Waals surface area contributed by atoms with Crippen LogP contribution in [0, 0.1) is 0 Å². The smallest absolute Gasteiger partial charge is 0.406 e. The van der Waals surface area contributed by atoms with Gasteiger partial charge >= 0.3 is 6.36 Å². The lowest BCUT2D eigenvalue weighted by Gasteiger charge is -2.18. The molecule has 0 fully saturated rings. The Balaban J connectivity index is 2.08. The Kier molecular flexibility index (Phi) is 6.99. The highest BCUT2D eigenvalue weighted by Crippen LogP contribution is 2.30. The third kappa shape index (κ3) is 6.31. The molecule has 0 bridgehead atoms. The molecule has 0 N–H and O–H groups in total. The first-order valence-corrected chi connectivity index (χ1v) is 7.96. The van der Waals surface area contributed by atoms with Gasteiger partial charge in [-0.05, 0) is 40.9 Å². The van der Waals surface area contributed by atoms with Gasteiger partial charge in [-0.1, -0.05) is 46.5 Å². The van der Waals surface area contributed by atoms with Crippen molar-refractivity contribution >= 4 is 23.2 Å². The van der Waals surface area contributed by atoms with Gasteiger partial charge in [-0.15, -0.1) is 13.2 Å². The second kappa shape index (κ2) is 9.00. The summed E-state index contributed by atoms with van der Waals surface area (Å²) < 4.78 is 46.0. The van der Waals surface area contributed by atoms with Crippen molar-refractivity contribution in [1.82, 2.24) is 0 Å². The fourth-order valence-corrected chi connectivity index (χ4v) is 2.63. The molecule has 0 aliphatic carbocycles. The minimum atomic E-state index is -4.75. The van der Waals surface area contributed by atoms with Crippen LogP contribution in [0.4, 0.5) is 13.2 Å². The van der Waals surface area contributed by atoms with Crippen molar-refractivity contribution in [3.05, 3.63) is 74.1 Å². The Hall–Kier alpha value is -2.12. The molecule has 0 amide bonds. The molecule has 0 saturated carbocycles. The molecule has 26 heavy (non-hydrogen) atoms. The average Bonchev–Trinajstić information content (AvgIpc) is 2.56. The Morgan fingerprint density at radius 2 is 1.81 bits per heavy atom. The molecule has 10 heteroatoms. The topological polar surface area (TPSA) is 67.2 Å². The number of nitrogens with zero attached hydrogens (tertiary/aromatic N) is 3. The number of hydrogen-bond acceptors (Lipinski definition) is 3. The predicted molar refractivity (Wildman–Crippen MR) is 91.1 cm³/mol. The number of alkyl halides is 3. The van der Waals surface area contributed by atoms with E-state index in [0.717, 1.165) is 0 Å². The summed E-state index contributed by atoms with van der Waals surface area (Å²) in [7, 11) is 0. The van der Waals surface area contributed by atoms with E-state index in [1.54, 1.807) is 12.1 Å². The van der Waals surface area contributed by atoms with Crippen molar-refractivity contribution in [3.8, 4) is 5.75 Å². The Morgan fingerprint density at radius 3 is 2.38 bits per heavy atom. The standard InChI is InChI=1S/C16H12Cl2F3N3O2/c17-11-3-6-13(14(18)7-11)15(8-23-24-22)25-9-10-1-4-12(5-2-10)26-16(19,20)21/h1-7,15H,8-9H2. The number of hydrogen-bond donors (Lipinski definition) is 0. The SMILES string of the molecule is [N-]=[N+]=NCC(OCc1ccc(OC(F)(F)F)cc1)c1ccc(Cl)cc1Cl. The molecule has 1 atom stereocenters. The van der Waals surface area contributed by atoms with E-state index < -0.39 is 12.5 Å². The summed E-state index contributed by atoms with van der Waals surface area (Å²) in [4.78, 5) is 2.70. The van der Waals surface area contributed by atoms with E-state index in [0.29, 0.717) is 21.2 Å². The van der Waals surface area contributed by atoms with Gasteiger partial charge in [0, 0.05) is 15.0 Å². The third-order valence-electron chi connectivity index (χ3n) is 3.23. The molecule has 0 aromatic heterocycles. The zero-order valence-electron chi connectivity index (χ0n) is 13.1. The Labute approximate surface area is 156 Å². The van der Waals surface area contributed by atoms with Crippen molar-refractivity contribution in [2.24, 2.45) is 5.11 Å². The average molecular weight is 406 g/mol. The quantitative estimate of drug-likeness (QED) is 0.301. The van der Waals surface area contributed by atoms with Crippen molar-refractivity contribution in [2.75, 3.05) is 6.54 Å². The summed E-state index contributed by atoms with van der Waals surface area (Å²) >= 11 is 12.0. The summed E-state index contributed by atoms with van der Waals surface area (Å²) in [5.74, 6) is -0.326. The molecule has 0 spiro atoms. The van der Waals surface area contributed by atoms with Crippen LogP contribution in [-0.4, -0.2) is 12.9 Å². The normalized spacial score (nSPS) is 12.3. The second-order valence-electron chi connectivity index (χ2n) is 5.07. The fraction of sp³-hybridized carbons (Fsp3) is 0.250. The largest absolute Gasteiger partial charge is 0.573 e. The van der Waals surface area contributed by atoms with Gasteiger partial charge in [-0.2, -0.15) is 0 Å². The van der Waals surface area contributed by atoms with Gasteiger partial charge in [0.1, 0.15) is 5.75 Å². The van der Waals surface area contributed by atoms with E-state index in [1.807, 2.05) is 0 Å². The monoisotopic (exact) mass is 405 g/mol. The van der Waals surface area contributed by atoms with Gasteiger partial charge in [0.2, 0.25) is 0 Å². The molecule has 0 heterocycles. The van der Waals surface area contributed by atoms with Crippen LogP contribution in [0.25, 0.3) is 10.4 Å². The number of rotatable bonds is 7. The molecular weight excluding hydrogens is 394 g/mol. The zero-order valence-corrected chi connectivity index (χ0v) is 14.6. The van der Waals surface area contributed by atoms with E-state index in [9.17, 15) is 13.2 Å². The van der Waals surface area contributed by atoms with Gasteiger partial charge in [0.05, 0.1) is 19.3 Å². The fourth-order valence-electron chi connectivity index (χ4n) is 2.10. The van der Waals surface area contributed by atoms with E-state index in [2.05, 4.69) is 14.8 Å². The first-order valence-electron chi connectivity index (χ1n) is 7.20. The molecule has 5 nitrogen and oxygen atoms in total. The van der Waals surface area contributed by atoms with E-state index >= 15 is 0 Å². The van der Waals surface area contributed by atoms with Crippen LogP contribution in [0.1, 0.15) is 17.2 Å². The van der Waals surface area contributed by atoms with Crippen molar-refractivity contribution < 1.29 is 22.6 Å². The van der Waals surface area contributed by atoms with E-state index in [4.69, 9.17) is 33.5 Å². The molecule has 0 aliphatic rings. The van der Waals surface area contributed by atoms with Crippen LogP contribution in [0.2, 0.25) is 10.0 Å². The van der Waals surface area contributed by atoms with E-state index in [-0.39, 0.29) is 18.9 Å². The molecule has 0 aliphatic heterocycles. The molecule has 1 unspecified atom stereocenters. The van der Waals surface area contributed by atoms with Gasteiger partial charge in [-0.3, -0.25) is 0 Å². The summed E-state index contributed by atoms with van der Waals surface area (Å²) in [6.45, 7) is 0.0595. The predicted octanol–water partition coefficient (Wildman–Crippen LogP) is 6.46. The van der Waals surface area contributed by atoms with Crippen molar-refractivity contribution in [3.63, 3.8) is 0 Å². The summed E-state index contributed by atoms with van der Waals surface area (Å²) in [6, 6.07) is 10.1. The second-order valence-corrected chi connectivity index (χ2v) is 5.91. The maximum atomic E-state index is 12.2. The number of ether oxygens (including phenoxy) is 2. The number of halogens is 5. The molecule has 138 valence electrons. The lowest BCUT2D eigenvalue weighted by Crippen LogP contribution is -2.17. The molecule has 0 saturated heterocycles. The van der Waals surface area contributed by atoms with Gasteiger partial charge in [0.15, 0.2) is 0 Å². The molecule has 0 radical (unpaired) electrons. The Bertz CT molecular complexity index is 794. The minimum absolute atomic E-state index is 0.00682. The van der Waals surface area contributed by atoms with Crippen LogP contribution < -0.4 is 4.74 Å². The van der Waals surface area contributed by atoms with Gasteiger partial charge in [0.25, 0.3) is 0 Å². The maximum absolute atomic E-state index is 12.2. The summed E-state index contributed by atoms with van der Waals surface area (Å²) in [6.07, 6.45) is -5.38. The van der Waals surface area contributed by atoms with Gasteiger partial charge in [-0.25, -0.2) is 0 Å². The minimum Gasteiger partial charge on any atom is -0.406 e. The summed E-state index contributed by atoms with van der Waals surface area (Å²) in [5.41, 5.74) is 9.72. The maximum Gasteiger partial charge on any atom is 0.573 e. The lowest BCUT2D eigenvalue weighted by atomic mass is 10.1. The zero-order chi connectivity index (χ0) is 19.2. The van der Waals surface area contributed by atoms with Crippen LogP contribution in [0.15, 0.2) is 47.6 Å². The summed E-state index contributed by atoms with van der Waals surface area (Å²) in [5, 5.41) is 4.29. The van der Waals surface area contributed by atoms with Crippen LogP contribution in [-0.2, 0) is 11.3 Å². The molecule has 2 aromatic carbocycles. The number of benzene rings is 2. The van der Waals surface area contributed by atoms with E-state index in [1.165, 1.54) is 30.3 Å². The van der Waals surface area contributed by atoms with Crippen molar-refractivity contribution in [2.45, 2.75) is 19.1 Å².